The van der Waals surface area contributed by atoms with Gasteiger partial charge in [-0.25, -0.2) is 19.9 Å². The molecule has 0 aliphatic rings. The van der Waals surface area contributed by atoms with Gasteiger partial charge in [-0.3, -0.25) is 5.41 Å². The van der Waals surface area contributed by atoms with Gasteiger partial charge in [0.05, 0.1) is 5.57 Å². The van der Waals surface area contributed by atoms with Crippen LogP contribution >= 0.6 is 11.3 Å². The van der Waals surface area contributed by atoms with E-state index in [4.69, 9.17) is 28.8 Å². The van der Waals surface area contributed by atoms with Gasteiger partial charge in [0.25, 0.3) is 0 Å². The van der Waals surface area contributed by atoms with Gasteiger partial charge in [0.1, 0.15) is 22.6 Å². The van der Waals surface area contributed by atoms with Crippen LogP contribution < -0.4 is 0 Å². The quantitative estimate of drug-likeness (QED) is 0.123. The second kappa shape index (κ2) is 13.9. The smallest absolute Gasteiger partial charge is 0.165 e. The topological polar surface area (TPSA) is 101 Å². The predicted octanol–water partition coefficient (Wildman–Crippen LogP) is 12.9. The zero-order valence-electron chi connectivity index (χ0n) is 30.4. The molecule has 4 heterocycles. The lowest BCUT2D eigenvalue weighted by Gasteiger charge is -2.09. The molecule has 4 aromatic heterocycles. The monoisotopic (exact) mass is 753 g/mol. The Labute approximate surface area is 331 Å². The summed E-state index contributed by atoms with van der Waals surface area (Å²) in [6, 6.07) is 49.9. The average Bonchev–Trinajstić information content (AvgIpc) is 3.98. The highest BCUT2D eigenvalue weighted by Crippen LogP contribution is 2.40. The van der Waals surface area contributed by atoms with Gasteiger partial charge in [-0.2, -0.15) is 0 Å². The average molecular weight is 754 g/mol. The molecule has 0 atom stereocenters. The maximum absolute atomic E-state index is 9.17. The van der Waals surface area contributed by atoms with E-state index in [1.807, 2.05) is 109 Å². The summed E-state index contributed by atoms with van der Waals surface area (Å²) in [6.07, 6.45) is 1.72. The van der Waals surface area contributed by atoms with Gasteiger partial charge >= 0.3 is 0 Å². The number of benzene rings is 6. The summed E-state index contributed by atoms with van der Waals surface area (Å²) in [7, 11) is 0. The molecule has 6 aromatic carbocycles. The number of nitrogens with zero attached hydrogens (tertiary/aromatic N) is 4. The highest BCUT2D eigenvalue weighted by atomic mass is 32.1. The lowest BCUT2D eigenvalue weighted by atomic mass is 10.0. The predicted molar refractivity (Wildman–Crippen MR) is 234 cm³/mol. The molecule has 0 saturated carbocycles. The SMILES string of the molecule is C=Cc1c(C(=C)C(=N)N=C(c2ccccc2)c2cc3ccccc3o2)oc2cc(-c3nc(-c4ccccc4)nc(-c4cccc5c4sc4ccccc45)n3)ccc12. The van der Waals surface area contributed by atoms with E-state index in [0.717, 1.165) is 43.3 Å². The molecule has 0 bridgehead atoms. The van der Waals surface area contributed by atoms with Crippen molar-refractivity contribution >= 4 is 76.6 Å². The normalized spacial score (nSPS) is 11.8. The Balaban J connectivity index is 1.07. The summed E-state index contributed by atoms with van der Waals surface area (Å²) in [5.41, 5.74) is 6.23. The molecule has 7 nitrogen and oxygen atoms in total. The zero-order valence-corrected chi connectivity index (χ0v) is 31.3. The number of hydrogen-bond donors (Lipinski definition) is 1. The van der Waals surface area contributed by atoms with Gasteiger partial charge in [0, 0.05) is 58.8 Å². The van der Waals surface area contributed by atoms with Crippen molar-refractivity contribution in [3.8, 4) is 34.2 Å². The third kappa shape index (κ3) is 6.05. The molecule has 0 unspecified atom stereocenters. The Morgan fingerprint density at radius 2 is 1.33 bits per heavy atom. The second-order valence-electron chi connectivity index (χ2n) is 13.5. The van der Waals surface area contributed by atoms with Crippen molar-refractivity contribution in [1.82, 2.24) is 15.0 Å². The number of nitrogens with one attached hydrogen (secondary N) is 1. The number of amidine groups is 1. The number of aliphatic imine (C=N–C) groups is 1. The van der Waals surface area contributed by atoms with Crippen LogP contribution in [0, 0.1) is 5.41 Å². The van der Waals surface area contributed by atoms with Crippen LogP contribution in [0.4, 0.5) is 0 Å². The van der Waals surface area contributed by atoms with Crippen LogP contribution in [-0.4, -0.2) is 26.5 Å². The van der Waals surface area contributed by atoms with Crippen LogP contribution in [0.3, 0.4) is 0 Å². The third-order valence-electron chi connectivity index (χ3n) is 9.99. The Kier molecular flexibility index (Phi) is 8.31. The molecule has 57 heavy (non-hydrogen) atoms. The van der Waals surface area contributed by atoms with E-state index >= 15 is 0 Å². The first-order chi connectivity index (χ1) is 28.0. The molecule has 1 N–H and O–H groups in total. The fourth-order valence-corrected chi connectivity index (χ4v) is 8.40. The molecule has 10 aromatic rings. The molecule has 0 aliphatic heterocycles. The van der Waals surface area contributed by atoms with Crippen LogP contribution in [0.15, 0.2) is 179 Å². The van der Waals surface area contributed by atoms with Gasteiger partial charge in [0.15, 0.2) is 29.1 Å². The van der Waals surface area contributed by atoms with Crippen molar-refractivity contribution in [2.45, 2.75) is 0 Å². The fourth-order valence-electron chi connectivity index (χ4n) is 7.19. The Bertz CT molecular complexity index is 3210. The van der Waals surface area contributed by atoms with E-state index < -0.39 is 0 Å². The lowest BCUT2D eigenvalue weighted by molar-refractivity contribution is 0.601. The van der Waals surface area contributed by atoms with E-state index in [1.54, 1.807) is 17.4 Å². The number of rotatable bonds is 8. The molecule has 270 valence electrons. The van der Waals surface area contributed by atoms with Crippen molar-refractivity contribution in [2.75, 3.05) is 0 Å². The van der Waals surface area contributed by atoms with E-state index in [1.165, 1.54) is 15.5 Å². The number of furan rings is 2. The first-order valence-electron chi connectivity index (χ1n) is 18.3. The summed E-state index contributed by atoms with van der Waals surface area (Å²) >= 11 is 1.74. The summed E-state index contributed by atoms with van der Waals surface area (Å²) < 4.78 is 15.1. The van der Waals surface area contributed by atoms with Crippen LogP contribution in [0.25, 0.3) is 87.9 Å². The van der Waals surface area contributed by atoms with E-state index in [9.17, 15) is 5.41 Å². The number of thiophene rings is 1. The fraction of sp³-hybridized carbons (Fsp3) is 0. The maximum atomic E-state index is 9.17. The van der Waals surface area contributed by atoms with Gasteiger partial charge in [-0.1, -0.05) is 134 Å². The molecule has 0 fully saturated rings. The van der Waals surface area contributed by atoms with Crippen molar-refractivity contribution in [1.29, 1.82) is 5.41 Å². The number of aromatic nitrogens is 3. The standard InChI is InChI=1S/C49H31N5O2S/c1-3-34-35-26-25-33(28-40(35)56-44(34)29(2)46(50)51-43(30-15-6-4-7-16-30)41-27-32-19-10-12-23-39(32)55-41)48-52-47(31-17-8-5-9-18-31)53-49(54-48)38-22-14-21-37-36-20-11-13-24-42(36)57-45(37)38/h3-28,50H,1-2H2. The van der Waals surface area contributed by atoms with Crippen molar-refractivity contribution in [3.63, 3.8) is 0 Å². The zero-order chi connectivity index (χ0) is 38.5. The summed E-state index contributed by atoms with van der Waals surface area (Å²) in [4.78, 5) is 19.9. The van der Waals surface area contributed by atoms with E-state index in [-0.39, 0.29) is 5.84 Å². The Morgan fingerprint density at radius 1 is 0.632 bits per heavy atom. The van der Waals surface area contributed by atoms with Gasteiger partial charge < -0.3 is 8.83 Å². The summed E-state index contributed by atoms with van der Waals surface area (Å²) in [6.45, 7) is 8.38. The second-order valence-corrected chi connectivity index (χ2v) is 14.6. The third-order valence-corrected chi connectivity index (χ3v) is 11.2. The number of fused-ring (bicyclic) bond motifs is 5. The van der Waals surface area contributed by atoms with Crippen LogP contribution in [0.5, 0.6) is 0 Å². The minimum absolute atomic E-state index is 0.0679. The minimum atomic E-state index is -0.0679. The molecular formula is C49H31N5O2S. The van der Waals surface area contributed by atoms with Crippen molar-refractivity contribution < 1.29 is 8.83 Å². The summed E-state index contributed by atoms with van der Waals surface area (Å²) in [5.74, 6) is 2.54. The molecule has 0 spiro atoms. The lowest BCUT2D eigenvalue weighted by Crippen LogP contribution is -2.07. The van der Waals surface area contributed by atoms with Crippen molar-refractivity contribution in [3.05, 3.63) is 187 Å². The van der Waals surface area contributed by atoms with Crippen molar-refractivity contribution in [2.24, 2.45) is 4.99 Å². The first kappa shape index (κ1) is 34.0. The molecule has 0 amide bonds. The number of hydrogen-bond acceptors (Lipinski definition) is 7. The van der Waals surface area contributed by atoms with Crippen LogP contribution in [-0.2, 0) is 0 Å². The molecule has 0 aliphatic carbocycles. The van der Waals surface area contributed by atoms with Crippen LogP contribution in [0.1, 0.15) is 22.6 Å². The highest BCUT2D eigenvalue weighted by molar-refractivity contribution is 7.26. The van der Waals surface area contributed by atoms with Gasteiger partial charge in [-0.05, 0) is 36.4 Å². The first-order valence-corrected chi connectivity index (χ1v) is 19.2. The van der Waals surface area contributed by atoms with E-state index in [2.05, 4.69) is 55.6 Å². The molecule has 10 rings (SSSR count). The molecule has 0 radical (unpaired) electrons. The Hall–Kier alpha value is -7.55. The highest BCUT2D eigenvalue weighted by Gasteiger charge is 2.22. The summed E-state index contributed by atoms with van der Waals surface area (Å²) in [5, 5.41) is 13.3. The molecule has 8 heteroatoms. The largest absolute Gasteiger partial charge is 0.455 e. The van der Waals surface area contributed by atoms with E-state index in [0.29, 0.717) is 51.4 Å². The minimum Gasteiger partial charge on any atom is -0.455 e. The Morgan fingerprint density at radius 3 is 2.14 bits per heavy atom. The van der Waals surface area contributed by atoms with Gasteiger partial charge in [-0.15, -0.1) is 11.3 Å². The van der Waals surface area contributed by atoms with Crippen LogP contribution in [0.2, 0.25) is 0 Å². The van der Waals surface area contributed by atoms with Gasteiger partial charge in [0.2, 0.25) is 0 Å². The molecule has 0 saturated heterocycles. The molecular weight excluding hydrogens is 723 g/mol. The number of para-hydroxylation sites is 1. The maximum Gasteiger partial charge on any atom is 0.165 e.